The molecule has 1 fully saturated rings. The maximum atomic E-state index is 12.8. The molecule has 1 aliphatic heterocycles. The second-order valence-electron chi connectivity index (χ2n) is 5.56. The van der Waals surface area contributed by atoms with E-state index >= 15 is 0 Å². The molecule has 0 unspecified atom stereocenters. The summed E-state index contributed by atoms with van der Waals surface area (Å²) in [6.07, 6.45) is 3.42. The lowest BCUT2D eigenvalue weighted by Crippen LogP contribution is -2.49. The number of pyridine rings is 1. The van der Waals surface area contributed by atoms with Crippen LogP contribution in [0.4, 0.5) is 5.95 Å². The molecular formula is C15H17N7O. The van der Waals surface area contributed by atoms with Crippen molar-refractivity contribution in [2.75, 3.05) is 31.1 Å². The van der Waals surface area contributed by atoms with Gasteiger partial charge in [0.1, 0.15) is 17.7 Å². The molecule has 0 aromatic carbocycles. The van der Waals surface area contributed by atoms with Crippen molar-refractivity contribution in [3.8, 4) is 0 Å². The highest BCUT2D eigenvalue weighted by atomic mass is 16.2. The van der Waals surface area contributed by atoms with Crippen molar-refractivity contribution in [1.82, 2.24) is 29.5 Å². The van der Waals surface area contributed by atoms with Crippen LogP contribution in [0.3, 0.4) is 0 Å². The number of aryl methyl sites for hydroxylation is 1. The van der Waals surface area contributed by atoms with Gasteiger partial charge < -0.3 is 14.2 Å². The van der Waals surface area contributed by atoms with E-state index in [0.717, 1.165) is 30.4 Å². The summed E-state index contributed by atoms with van der Waals surface area (Å²) in [5, 5.41) is 6.72. The molecule has 0 spiro atoms. The first-order chi connectivity index (χ1) is 11.2. The molecule has 3 aromatic rings. The number of carbonyl (C=O) groups excluding carboxylic acids is 1. The summed E-state index contributed by atoms with van der Waals surface area (Å²) >= 11 is 0. The third-order valence-electron chi connectivity index (χ3n) is 4.24. The number of anilines is 1. The van der Waals surface area contributed by atoms with Crippen molar-refractivity contribution in [1.29, 1.82) is 0 Å². The molecule has 1 N–H and O–H groups in total. The van der Waals surface area contributed by atoms with Crippen LogP contribution in [-0.2, 0) is 0 Å². The van der Waals surface area contributed by atoms with Gasteiger partial charge in [0.15, 0.2) is 0 Å². The number of rotatable bonds is 2. The number of fused-ring (bicyclic) bond motifs is 1. The van der Waals surface area contributed by atoms with Gasteiger partial charge in [0.05, 0.1) is 5.69 Å². The summed E-state index contributed by atoms with van der Waals surface area (Å²) in [6.45, 7) is 4.68. The zero-order valence-corrected chi connectivity index (χ0v) is 12.8. The van der Waals surface area contributed by atoms with Crippen LogP contribution < -0.4 is 4.90 Å². The highest BCUT2D eigenvalue weighted by Crippen LogP contribution is 2.16. The number of H-pyrrole nitrogens is 1. The van der Waals surface area contributed by atoms with Crippen molar-refractivity contribution < 1.29 is 4.79 Å². The Hall–Kier alpha value is -2.90. The Bertz CT molecular complexity index is 831. The second-order valence-corrected chi connectivity index (χ2v) is 5.56. The van der Waals surface area contributed by atoms with E-state index in [0.29, 0.717) is 18.8 Å². The first-order valence-corrected chi connectivity index (χ1v) is 7.57. The number of carbonyl (C=O) groups is 1. The number of nitrogens with one attached hydrogen (secondary N) is 1. The van der Waals surface area contributed by atoms with E-state index in [-0.39, 0.29) is 5.91 Å². The van der Waals surface area contributed by atoms with Crippen molar-refractivity contribution in [3.05, 3.63) is 42.1 Å². The van der Waals surface area contributed by atoms with Gasteiger partial charge in [-0.2, -0.15) is 10.1 Å². The number of aromatic nitrogens is 5. The molecule has 1 amide bonds. The molecule has 0 atom stereocenters. The van der Waals surface area contributed by atoms with E-state index in [1.54, 1.807) is 0 Å². The molecule has 1 aliphatic rings. The lowest BCUT2D eigenvalue weighted by Gasteiger charge is -2.34. The molecule has 4 heterocycles. The molecule has 0 aliphatic carbocycles. The number of amides is 1. The topological polar surface area (TPSA) is 82.4 Å². The Morgan fingerprint density at radius 2 is 2.04 bits per heavy atom. The first-order valence-electron chi connectivity index (χ1n) is 7.57. The van der Waals surface area contributed by atoms with E-state index in [1.165, 1.54) is 6.33 Å². The Kier molecular flexibility index (Phi) is 3.22. The summed E-state index contributed by atoms with van der Waals surface area (Å²) in [7, 11) is 0. The lowest BCUT2D eigenvalue weighted by molar-refractivity contribution is 0.0740. The Morgan fingerprint density at radius 1 is 1.22 bits per heavy atom. The maximum Gasteiger partial charge on any atom is 0.274 e. The summed E-state index contributed by atoms with van der Waals surface area (Å²) in [5.74, 6) is 0.740. The molecule has 1 saturated heterocycles. The van der Waals surface area contributed by atoms with Crippen LogP contribution in [0.2, 0.25) is 0 Å². The average molecular weight is 311 g/mol. The molecule has 0 saturated carbocycles. The summed E-state index contributed by atoms with van der Waals surface area (Å²) in [6, 6.07) is 5.77. The fourth-order valence-electron chi connectivity index (χ4n) is 2.94. The van der Waals surface area contributed by atoms with Crippen LogP contribution in [0.1, 0.15) is 16.2 Å². The number of piperazine rings is 1. The minimum atomic E-state index is -0.0107. The SMILES string of the molecule is Cc1c(C(=O)N2CCN(c3ncn[nH]3)CC2)nc2ccccn12. The highest BCUT2D eigenvalue weighted by molar-refractivity contribution is 5.94. The van der Waals surface area contributed by atoms with Crippen LogP contribution in [0.5, 0.6) is 0 Å². The zero-order chi connectivity index (χ0) is 15.8. The quantitative estimate of drug-likeness (QED) is 0.754. The highest BCUT2D eigenvalue weighted by Gasteiger charge is 2.26. The first kappa shape index (κ1) is 13.7. The number of aromatic amines is 1. The second kappa shape index (κ2) is 5.38. The average Bonchev–Trinajstić information content (AvgIpc) is 3.23. The van der Waals surface area contributed by atoms with E-state index in [4.69, 9.17) is 0 Å². The molecule has 0 bridgehead atoms. The van der Waals surface area contributed by atoms with Gasteiger partial charge in [-0.1, -0.05) is 6.07 Å². The van der Waals surface area contributed by atoms with Gasteiger partial charge in [-0.3, -0.25) is 4.79 Å². The van der Waals surface area contributed by atoms with Crippen molar-refractivity contribution in [3.63, 3.8) is 0 Å². The van der Waals surface area contributed by atoms with Gasteiger partial charge in [0, 0.05) is 32.4 Å². The monoisotopic (exact) mass is 311 g/mol. The van der Waals surface area contributed by atoms with Gasteiger partial charge in [-0.15, -0.1) is 0 Å². The summed E-state index contributed by atoms with van der Waals surface area (Å²) < 4.78 is 1.94. The number of hydrogen-bond acceptors (Lipinski definition) is 5. The smallest absolute Gasteiger partial charge is 0.274 e. The predicted octanol–water partition coefficient (Wildman–Crippen LogP) is 0.723. The lowest BCUT2D eigenvalue weighted by atomic mass is 10.2. The van der Waals surface area contributed by atoms with E-state index < -0.39 is 0 Å². The van der Waals surface area contributed by atoms with Crippen LogP contribution >= 0.6 is 0 Å². The molecule has 118 valence electrons. The summed E-state index contributed by atoms with van der Waals surface area (Å²) in [4.78, 5) is 25.4. The standard InChI is InChI=1S/C15H17N7O/c1-11-13(18-12-4-2-3-5-22(11)12)14(23)20-6-8-21(9-7-20)15-16-10-17-19-15/h2-5,10H,6-9H2,1H3,(H,16,17,19). The largest absolute Gasteiger partial charge is 0.338 e. The number of hydrogen-bond donors (Lipinski definition) is 1. The van der Waals surface area contributed by atoms with Gasteiger partial charge in [-0.25, -0.2) is 10.1 Å². The van der Waals surface area contributed by atoms with Gasteiger partial charge in [-0.05, 0) is 19.1 Å². The Balaban J connectivity index is 1.52. The minimum Gasteiger partial charge on any atom is -0.338 e. The maximum absolute atomic E-state index is 12.8. The van der Waals surface area contributed by atoms with Crippen molar-refractivity contribution in [2.45, 2.75) is 6.92 Å². The number of nitrogens with zero attached hydrogens (tertiary/aromatic N) is 6. The fourth-order valence-corrected chi connectivity index (χ4v) is 2.94. The van der Waals surface area contributed by atoms with Crippen molar-refractivity contribution in [2.24, 2.45) is 0 Å². The van der Waals surface area contributed by atoms with Crippen molar-refractivity contribution >= 4 is 17.5 Å². The van der Waals surface area contributed by atoms with Crippen LogP contribution in [-0.4, -0.2) is 61.6 Å². The normalized spacial score (nSPS) is 15.3. The van der Waals surface area contributed by atoms with E-state index in [9.17, 15) is 4.79 Å². The Labute approximate surface area is 132 Å². The zero-order valence-electron chi connectivity index (χ0n) is 12.8. The Morgan fingerprint density at radius 3 is 2.74 bits per heavy atom. The molecule has 8 heteroatoms. The van der Waals surface area contributed by atoms with Gasteiger partial charge in [0.25, 0.3) is 5.91 Å². The minimum absolute atomic E-state index is 0.0107. The predicted molar refractivity (Wildman–Crippen MR) is 84.4 cm³/mol. The van der Waals surface area contributed by atoms with Gasteiger partial charge >= 0.3 is 0 Å². The fraction of sp³-hybridized carbons (Fsp3) is 0.333. The summed E-state index contributed by atoms with van der Waals surface area (Å²) in [5.41, 5.74) is 2.21. The third-order valence-corrected chi connectivity index (χ3v) is 4.24. The van der Waals surface area contributed by atoms with Crippen LogP contribution in [0.25, 0.3) is 5.65 Å². The van der Waals surface area contributed by atoms with E-state index in [2.05, 4.69) is 25.1 Å². The van der Waals surface area contributed by atoms with Gasteiger partial charge in [0.2, 0.25) is 5.95 Å². The molecular weight excluding hydrogens is 294 g/mol. The third kappa shape index (κ3) is 2.32. The molecule has 23 heavy (non-hydrogen) atoms. The molecule has 3 aromatic heterocycles. The van der Waals surface area contributed by atoms with E-state index in [1.807, 2.05) is 40.6 Å². The van der Waals surface area contributed by atoms with Crippen LogP contribution in [0, 0.1) is 6.92 Å². The van der Waals surface area contributed by atoms with Crippen LogP contribution in [0.15, 0.2) is 30.7 Å². The molecule has 0 radical (unpaired) electrons. The molecule has 4 rings (SSSR count). The number of imidazole rings is 1. The molecule has 8 nitrogen and oxygen atoms in total.